The number of aromatic hydroxyl groups is 1. The van der Waals surface area contributed by atoms with Gasteiger partial charge < -0.3 is 15.3 Å². The van der Waals surface area contributed by atoms with Crippen LogP contribution in [0.5, 0.6) is 5.75 Å². The van der Waals surface area contributed by atoms with Gasteiger partial charge in [-0.1, -0.05) is 13.8 Å². The number of H-pyrrole nitrogens is 1. The summed E-state index contributed by atoms with van der Waals surface area (Å²) < 4.78 is 0. The highest BCUT2D eigenvalue weighted by Gasteiger charge is 2.23. The Bertz CT molecular complexity index is 903. The molecule has 3 N–H and O–H groups in total. The van der Waals surface area contributed by atoms with Crippen molar-refractivity contribution in [2.75, 3.05) is 24.5 Å². The molecule has 0 amide bonds. The van der Waals surface area contributed by atoms with Gasteiger partial charge >= 0.3 is 0 Å². The first-order chi connectivity index (χ1) is 13.1. The maximum absolute atomic E-state index is 10.4. The molecule has 4 rings (SSSR count). The van der Waals surface area contributed by atoms with Crippen molar-refractivity contribution >= 4 is 30.6 Å². The number of anilines is 1. The van der Waals surface area contributed by atoms with E-state index in [0.717, 1.165) is 36.6 Å². The average Bonchev–Trinajstić information content (AvgIpc) is 3.23. The lowest BCUT2D eigenvalue weighted by Gasteiger charge is -2.36. The van der Waals surface area contributed by atoms with E-state index in [9.17, 15) is 5.11 Å². The summed E-state index contributed by atoms with van der Waals surface area (Å²) in [5.41, 5.74) is 2.62. The first-order valence-electron chi connectivity index (χ1n) is 9.12. The van der Waals surface area contributed by atoms with Crippen LogP contribution in [0.25, 0.3) is 22.5 Å². The predicted octanol–water partition coefficient (Wildman–Crippen LogP) is 2.91. The number of halogens is 2. The van der Waals surface area contributed by atoms with Crippen LogP contribution in [0.3, 0.4) is 0 Å². The highest BCUT2D eigenvalue weighted by atomic mass is 35.5. The van der Waals surface area contributed by atoms with Crippen LogP contribution in [0.15, 0.2) is 36.8 Å². The Morgan fingerprint density at radius 1 is 1.14 bits per heavy atom. The average molecular weight is 438 g/mol. The molecule has 10 heteroatoms. The van der Waals surface area contributed by atoms with E-state index in [1.54, 1.807) is 24.7 Å². The second kappa shape index (κ2) is 9.87. The van der Waals surface area contributed by atoms with Gasteiger partial charge in [0.1, 0.15) is 17.1 Å². The fraction of sp³-hybridized carbons (Fsp3) is 0.368. The minimum Gasteiger partial charge on any atom is -0.506 e. The molecule has 156 valence electrons. The van der Waals surface area contributed by atoms with Gasteiger partial charge in [0, 0.05) is 49.2 Å². The molecule has 0 unspecified atom stereocenters. The van der Waals surface area contributed by atoms with Gasteiger partial charge in [0.15, 0.2) is 5.82 Å². The van der Waals surface area contributed by atoms with Crippen LogP contribution >= 0.6 is 24.8 Å². The fourth-order valence-corrected chi connectivity index (χ4v) is 3.27. The zero-order valence-electron chi connectivity index (χ0n) is 16.2. The standard InChI is InChI=1S/C19H23N7O.2ClH/c1-12(2)16-11-26(6-5-20-16)18-4-3-15(24-25-18)19-17(27)7-13(8-21-19)14-9-22-23-10-14;;/h3-4,7-10,12,16,20,27H,5-6,11H2,1-2H3,(H,22,23);2*1H/t16-;;/m0../s1. The van der Waals surface area contributed by atoms with Crippen molar-refractivity contribution in [1.29, 1.82) is 0 Å². The highest BCUT2D eigenvalue weighted by Crippen LogP contribution is 2.30. The van der Waals surface area contributed by atoms with Gasteiger partial charge in [-0.2, -0.15) is 5.10 Å². The van der Waals surface area contributed by atoms with Crippen molar-refractivity contribution in [3.05, 3.63) is 36.8 Å². The van der Waals surface area contributed by atoms with E-state index in [1.165, 1.54) is 0 Å². The van der Waals surface area contributed by atoms with Crippen LogP contribution in [0.2, 0.25) is 0 Å². The molecule has 1 aliphatic rings. The maximum atomic E-state index is 10.4. The molecule has 0 aliphatic carbocycles. The third-order valence-corrected chi connectivity index (χ3v) is 4.93. The van der Waals surface area contributed by atoms with Crippen molar-refractivity contribution in [3.63, 3.8) is 0 Å². The minimum atomic E-state index is 0. The summed E-state index contributed by atoms with van der Waals surface area (Å²) in [5, 5.41) is 29.2. The zero-order chi connectivity index (χ0) is 18.8. The van der Waals surface area contributed by atoms with Gasteiger partial charge in [-0.3, -0.25) is 5.10 Å². The third-order valence-electron chi connectivity index (χ3n) is 4.93. The molecule has 1 saturated heterocycles. The van der Waals surface area contributed by atoms with Gasteiger partial charge in [0.05, 0.1) is 6.20 Å². The van der Waals surface area contributed by atoms with Crippen LogP contribution < -0.4 is 10.2 Å². The summed E-state index contributed by atoms with van der Waals surface area (Å²) in [6.07, 6.45) is 5.13. The molecule has 1 atom stereocenters. The second-order valence-corrected chi connectivity index (χ2v) is 7.11. The Labute approximate surface area is 182 Å². The number of aromatic amines is 1. The number of nitrogens with zero attached hydrogens (tertiary/aromatic N) is 5. The maximum Gasteiger partial charge on any atom is 0.151 e. The van der Waals surface area contributed by atoms with E-state index < -0.39 is 0 Å². The van der Waals surface area contributed by atoms with Crippen LogP contribution in [0.1, 0.15) is 13.8 Å². The fourth-order valence-electron chi connectivity index (χ4n) is 3.27. The summed E-state index contributed by atoms with van der Waals surface area (Å²) in [6, 6.07) is 5.90. The third kappa shape index (κ3) is 4.95. The predicted molar refractivity (Wildman–Crippen MR) is 118 cm³/mol. The van der Waals surface area contributed by atoms with Gasteiger partial charge in [-0.05, 0) is 24.1 Å². The molecule has 0 spiro atoms. The minimum absolute atomic E-state index is 0. The molecule has 8 nitrogen and oxygen atoms in total. The van der Waals surface area contributed by atoms with E-state index in [-0.39, 0.29) is 30.6 Å². The van der Waals surface area contributed by atoms with E-state index in [2.05, 4.69) is 49.4 Å². The Kier molecular flexibility index (Phi) is 7.78. The Morgan fingerprint density at radius 3 is 2.59 bits per heavy atom. The van der Waals surface area contributed by atoms with Gasteiger partial charge in [-0.15, -0.1) is 35.0 Å². The first-order valence-corrected chi connectivity index (χ1v) is 9.12. The Morgan fingerprint density at radius 2 is 1.97 bits per heavy atom. The summed E-state index contributed by atoms with van der Waals surface area (Å²) in [6.45, 7) is 7.19. The molecule has 3 aromatic rings. The van der Waals surface area contributed by atoms with Crippen LogP contribution in [0.4, 0.5) is 5.82 Å². The topological polar surface area (TPSA) is 103 Å². The second-order valence-electron chi connectivity index (χ2n) is 7.11. The van der Waals surface area contributed by atoms with Crippen LogP contribution in [-0.4, -0.2) is 56.2 Å². The molecule has 3 aromatic heterocycles. The molecule has 0 saturated carbocycles. The van der Waals surface area contributed by atoms with E-state index >= 15 is 0 Å². The van der Waals surface area contributed by atoms with E-state index in [1.807, 2.05) is 12.1 Å². The molecular formula is C19H25Cl2N7O. The monoisotopic (exact) mass is 437 g/mol. The Balaban J connectivity index is 0.00000150. The van der Waals surface area contributed by atoms with Crippen molar-refractivity contribution in [1.82, 2.24) is 30.7 Å². The van der Waals surface area contributed by atoms with Gasteiger partial charge in [0.25, 0.3) is 0 Å². The smallest absolute Gasteiger partial charge is 0.151 e. The lowest BCUT2D eigenvalue weighted by Crippen LogP contribution is -2.53. The van der Waals surface area contributed by atoms with Crippen molar-refractivity contribution in [3.8, 4) is 28.3 Å². The Hall–Kier alpha value is -2.42. The number of hydrogen-bond acceptors (Lipinski definition) is 7. The summed E-state index contributed by atoms with van der Waals surface area (Å²) in [4.78, 5) is 6.61. The number of nitrogens with one attached hydrogen (secondary N) is 2. The van der Waals surface area contributed by atoms with Crippen LogP contribution in [-0.2, 0) is 0 Å². The van der Waals surface area contributed by atoms with Crippen molar-refractivity contribution in [2.45, 2.75) is 19.9 Å². The molecule has 29 heavy (non-hydrogen) atoms. The van der Waals surface area contributed by atoms with Gasteiger partial charge in [-0.25, -0.2) is 4.98 Å². The molecule has 0 aromatic carbocycles. The summed E-state index contributed by atoms with van der Waals surface area (Å²) in [7, 11) is 0. The van der Waals surface area contributed by atoms with Gasteiger partial charge in [0.2, 0.25) is 0 Å². The highest BCUT2D eigenvalue weighted by molar-refractivity contribution is 5.85. The normalized spacial score (nSPS) is 16.2. The van der Waals surface area contributed by atoms with E-state index in [4.69, 9.17) is 0 Å². The molecule has 0 radical (unpaired) electrons. The molecule has 4 heterocycles. The van der Waals surface area contributed by atoms with Crippen molar-refractivity contribution in [2.24, 2.45) is 5.92 Å². The number of pyridine rings is 1. The quantitative estimate of drug-likeness (QED) is 0.576. The molecule has 1 fully saturated rings. The summed E-state index contributed by atoms with van der Waals surface area (Å²) in [5.74, 6) is 1.48. The molecular weight excluding hydrogens is 413 g/mol. The zero-order valence-corrected chi connectivity index (χ0v) is 17.9. The van der Waals surface area contributed by atoms with Crippen molar-refractivity contribution < 1.29 is 5.11 Å². The summed E-state index contributed by atoms with van der Waals surface area (Å²) >= 11 is 0. The lowest BCUT2D eigenvalue weighted by atomic mass is 10.0. The SMILES string of the molecule is CC(C)[C@@H]1CN(c2ccc(-c3ncc(-c4cn[nH]c4)cc3O)nn2)CCN1.Cl.Cl. The lowest BCUT2D eigenvalue weighted by molar-refractivity contribution is 0.367. The number of rotatable bonds is 4. The number of hydrogen-bond donors (Lipinski definition) is 3. The van der Waals surface area contributed by atoms with E-state index in [0.29, 0.717) is 23.3 Å². The number of aromatic nitrogens is 5. The largest absolute Gasteiger partial charge is 0.506 e. The molecule has 0 bridgehead atoms. The first kappa shape index (κ1) is 22.9. The number of piperazine rings is 1. The van der Waals surface area contributed by atoms with Crippen LogP contribution in [0, 0.1) is 5.92 Å². The molecule has 1 aliphatic heterocycles.